The van der Waals surface area contributed by atoms with Gasteiger partial charge in [0.15, 0.2) is 11.5 Å². The van der Waals surface area contributed by atoms with Crippen LogP contribution in [0.3, 0.4) is 0 Å². The number of hydrogen-bond acceptors (Lipinski definition) is 5. The lowest BCUT2D eigenvalue weighted by molar-refractivity contribution is 0.251. The molecule has 0 fully saturated rings. The molecule has 8 heteroatoms. The van der Waals surface area contributed by atoms with E-state index in [9.17, 15) is 4.79 Å². The normalized spacial score (nSPS) is 10.8. The number of urea groups is 1. The molecule has 0 aliphatic heterocycles. The van der Waals surface area contributed by atoms with E-state index in [-0.39, 0.29) is 6.03 Å². The zero-order valence-electron chi connectivity index (χ0n) is 19.2. The molecule has 176 valence electrons. The van der Waals surface area contributed by atoms with Crippen molar-refractivity contribution in [3.63, 3.8) is 0 Å². The van der Waals surface area contributed by atoms with Crippen molar-refractivity contribution in [1.82, 2.24) is 10.3 Å². The molecule has 1 heterocycles. The highest BCUT2D eigenvalue weighted by Gasteiger charge is 2.12. The number of fused-ring (bicyclic) bond motifs is 1. The molecule has 1 aromatic heterocycles. The van der Waals surface area contributed by atoms with Crippen molar-refractivity contribution in [2.45, 2.75) is 26.7 Å². The number of anilines is 1. The van der Waals surface area contributed by atoms with Crippen molar-refractivity contribution in [2.75, 3.05) is 31.5 Å². The van der Waals surface area contributed by atoms with Crippen LogP contribution in [-0.2, 0) is 0 Å². The first-order valence-electron chi connectivity index (χ1n) is 11.0. The van der Waals surface area contributed by atoms with Gasteiger partial charge in [0.05, 0.1) is 19.2 Å². The molecule has 0 unspecified atom stereocenters. The van der Waals surface area contributed by atoms with Gasteiger partial charge in [0.2, 0.25) is 0 Å². The van der Waals surface area contributed by atoms with Crippen LogP contribution < -0.4 is 24.8 Å². The summed E-state index contributed by atoms with van der Waals surface area (Å²) < 4.78 is 17.4. The van der Waals surface area contributed by atoms with E-state index in [1.165, 1.54) is 0 Å². The number of nitrogens with zero attached hydrogens (tertiary/aromatic N) is 1. The molecule has 2 N–H and O–H groups in total. The minimum atomic E-state index is -0.222. The molecule has 2 amide bonds. The molecule has 0 spiro atoms. The van der Waals surface area contributed by atoms with Crippen LogP contribution in [-0.4, -0.2) is 37.2 Å². The van der Waals surface area contributed by atoms with E-state index < -0.39 is 0 Å². The number of benzene rings is 2. The second kappa shape index (κ2) is 12.2. The Labute approximate surface area is 199 Å². The Kier molecular flexibility index (Phi) is 9.01. The van der Waals surface area contributed by atoms with Gasteiger partial charge in [-0.25, -0.2) is 4.79 Å². The number of carbonyl (C=O) groups excluding carboxylic acids is 1. The van der Waals surface area contributed by atoms with Crippen LogP contribution in [0.25, 0.3) is 10.9 Å². The third-order valence-electron chi connectivity index (χ3n) is 4.87. The molecule has 33 heavy (non-hydrogen) atoms. The Morgan fingerprint density at radius 1 is 1.09 bits per heavy atom. The van der Waals surface area contributed by atoms with Crippen molar-refractivity contribution in [3.05, 3.63) is 48.7 Å². The summed E-state index contributed by atoms with van der Waals surface area (Å²) in [6, 6.07) is 12.5. The van der Waals surface area contributed by atoms with Gasteiger partial charge in [-0.2, -0.15) is 0 Å². The fraction of sp³-hybridized carbons (Fsp3) is 0.360. The molecule has 0 saturated carbocycles. The van der Waals surface area contributed by atoms with Crippen LogP contribution in [0.2, 0.25) is 0 Å². The molecule has 0 aliphatic carbocycles. The maximum Gasteiger partial charge on any atom is 0.319 e. The second-order valence-corrected chi connectivity index (χ2v) is 8.29. The van der Waals surface area contributed by atoms with Crippen LogP contribution in [0.1, 0.15) is 26.7 Å². The van der Waals surface area contributed by atoms with Gasteiger partial charge < -0.3 is 24.8 Å². The molecule has 0 atom stereocenters. The van der Waals surface area contributed by atoms with Gasteiger partial charge in [0.25, 0.3) is 0 Å². The Morgan fingerprint density at radius 2 is 1.88 bits per heavy atom. The molecule has 3 rings (SSSR count). The van der Waals surface area contributed by atoms with E-state index in [2.05, 4.69) is 29.5 Å². The van der Waals surface area contributed by atoms with Gasteiger partial charge >= 0.3 is 6.03 Å². The summed E-state index contributed by atoms with van der Waals surface area (Å²) in [4.78, 5) is 16.4. The molecule has 0 saturated heterocycles. The maximum atomic E-state index is 12.0. The average Bonchev–Trinajstić information content (AvgIpc) is 2.80. The Bertz CT molecular complexity index is 1060. The molecular formula is C25H30ClN3O4. The van der Waals surface area contributed by atoms with Gasteiger partial charge in [-0.15, -0.1) is 11.6 Å². The van der Waals surface area contributed by atoms with Crippen LogP contribution in [0.5, 0.6) is 23.0 Å². The number of methoxy groups -OCH3 is 1. The molecule has 0 radical (unpaired) electrons. The number of alkyl halides is 1. The zero-order chi connectivity index (χ0) is 23.6. The number of halogens is 1. The van der Waals surface area contributed by atoms with Gasteiger partial charge in [0, 0.05) is 35.8 Å². The largest absolute Gasteiger partial charge is 0.493 e. The summed E-state index contributed by atoms with van der Waals surface area (Å²) in [5.74, 6) is 3.55. The number of pyridine rings is 1. The number of hydrogen-bond donors (Lipinski definition) is 2. The van der Waals surface area contributed by atoms with E-state index in [4.69, 9.17) is 25.8 Å². The Hall–Kier alpha value is -3.19. The van der Waals surface area contributed by atoms with Crippen LogP contribution in [0.4, 0.5) is 10.5 Å². The summed E-state index contributed by atoms with van der Waals surface area (Å²) in [5.41, 5.74) is 1.41. The summed E-state index contributed by atoms with van der Waals surface area (Å²) in [7, 11) is 1.59. The number of amides is 2. The monoisotopic (exact) mass is 471 g/mol. The average molecular weight is 472 g/mol. The smallest absolute Gasteiger partial charge is 0.319 e. The van der Waals surface area contributed by atoms with Crippen molar-refractivity contribution in [2.24, 2.45) is 5.92 Å². The van der Waals surface area contributed by atoms with E-state index in [1.54, 1.807) is 43.6 Å². The predicted molar refractivity (Wildman–Crippen MR) is 132 cm³/mol. The summed E-state index contributed by atoms with van der Waals surface area (Å²) in [6.07, 6.45) is 3.36. The van der Waals surface area contributed by atoms with Gasteiger partial charge in [0.1, 0.15) is 11.5 Å². The first-order valence-corrected chi connectivity index (χ1v) is 11.5. The van der Waals surface area contributed by atoms with Crippen molar-refractivity contribution < 1.29 is 19.0 Å². The standard InChI is InChI=1S/C25H30ClN3O4/c1-17(2)9-12-28-25(30)29-18-5-7-19(8-6-18)33-22-10-13-27-21-16-24(32-14-4-11-26)23(31-3)15-20(21)22/h5-8,10,13,15-17H,4,9,11-12,14H2,1-3H3,(H2,28,29,30). The fourth-order valence-electron chi connectivity index (χ4n) is 3.11. The second-order valence-electron chi connectivity index (χ2n) is 7.91. The van der Waals surface area contributed by atoms with Crippen molar-refractivity contribution in [1.29, 1.82) is 0 Å². The first kappa shape index (κ1) is 24.5. The topological polar surface area (TPSA) is 81.7 Å². The number of rotatable bonds is 11. The molecule has 7 nitrogen and oxygen atoms in total. The van der Waals surface area contributed by atoms with Gasteiger partial charge in [-0.1, -0.05) is 13.8 Å². The van der Waals surface area contributed by atoms with Crippen molar-refractivity contribution >= 4 is 34.2 Å². The number of aromatic nitrogens is 1. The predicted octanol–water partition coefficient (Wildman–Crippen LogP) is 6.21. The van der Waals surface area contributed by atoms with Crippen LogP contribution in [0.15, 0.2) is 48.7 Å². The van der Waals surface area contributed by atoms with Crippen molar-refractivity contribution in [3.8, 4) is 23.0 Å². The van der Waals surface area contributed by atoms with E-state index >= 15 is 0 Å². The highest BCUT2D eigenvalue weighted by molar-refractivity contribution is 6.17. The minimum Gasteiger partial charge on any atom is -0.493 e. The summed E-state index contributed by atoms with van der Waals surface area (Å²) >= 11 is 5.74. The van der Waals surface area contributed by atoms with Gasteiger partial charge in [-0.3, -0.25) is 4.98 Å². The highest BCUT2D eigenvalue weighted by Crippen LogP contribution is 2.37. The Balaban J connectivity index is 1.70. The minimum absolute atomic E-state index is 0.222. The third-order valence-corrected chi connectivity index (χ3v) is 5.14. The molecule has 3 aromatic rings. The lowest BCUT2D eigenvalue weighted by atomic mass is 10.1. The Morgan fingerprint density at radius 3 is 2.58 bits per heavy atom. The molecule has 0 aliphatic rings. The summed E-state index contributed by atoms with van der Waals surface area (Å²) in [5, 5.41) is 6.47. The summed E-state index contributed by atoms with van der Waals surface area (Å²) in [6.45, 7) is 5.38. The zero-order valence-corrected chi connectivity index (χ0v) is 19.9. The van der Waals surface area contributed by atoms with E-state index in [0.29, 0.717) is 53.6 Å². The van der Waals surface area contributed by atoms with Crippen LogP contribution >= 0.6 is 11.6 Å². The number of ether oxygens (including phenoxy) is 3. The lowest BCUT2D eigenvalue weighted by Gasteiger charge is -2.14. The fourth-order valence-corrected chi connectivity index (χ4v) is 3.22. The number of carbonyl (C=O) groups is 1. The van der Waals surface area contributed by atoms with Gasteiger partial charge in [-0.05, 0) is 55.2 Å². The lowest BCUT2D eigenvalue weighted by Crippen LogP contribution is -2.30. The first-order chi connectivity index (χ1) is 16.0. The molecule has 2 aromatic carbocycles. The quantitative estimate of drug-likeness (QED) is 0.256. The molecular weight excluding hydrogens is 442 g/mol. The SMILES string of the molecule is COc1cc2c(Oc3ccc(NC(=O)NCCC(C)C)cc3)ccnc2cc1OCCCCl. The third kappa shape index (κ3) is 7.15. The number of nitrogens with one attached hydrogen (secondary N) is 2. The van der Waals surface area contributed by atoms with E-state index in [0.717, 1.165) is 23.7 Å². The highest BCUT2D eigenvalue weighted by atomic mass is 35.5. The van der Waals surface area contributed by atoms with Crippen LogP contribution in [0, 0.1) is 5.92 Å². The maximum absolute atomic E-state index is 12.0. The van der Waals surface area contributed by atoms with E-state index in [1.807, 2.05) is 12.1 Å². The molecule has 0 bridgehead atoms.